The van der Waals surface area contributed by atoms with Crippen LogP contribution in [0.4, 0.5) is 0 Å². The third kappa shape index (κ3) is 3.15. The van der Waals surface area contributed by atoms with Crippen molar-refractivity contribution in [1.82, 2.24) is 0 Å². The largest absolute Gasteiger partial charge is 0.457 e. The van der Waals surface area contributed by atoms with Crippen molar-refractivity contribution in [2.75, 3.05) is 12.4 Å². The molecule has 1 aliphatic rings. The highest BCUT2D eigenvalue weighted by Gasteiger charge is 2.25. The highest BCUT2D eigenvalue weighted by molar-refractivity contribution is 8.00. The van der Waals surface area contributed by atoms with Crippen LogP contribution >= 0.6 is 11.8 Å². The number of thioether (sulfide) groups is 1. The Morgan fingerprint density at radius 2 is 1.63 bits per heavy atom. The van der Waals surface area contributed by atoms with Crippen molar-refractivity contribution >= 4 is 40.1 Å². The van der Waals surface area contributed by atoms with Gasteiger partial charge in [0, 0.05) is 21.4 Å². The lowest BCUT2D eigenvalue weighted by Crippen LogP contribution is -2.13. The number of hydrogen-bond donors (Lipinski definition) is 0. The Bertz CT molecular complexity index is 1100. The summed E-state index contributed by atoms with van der Waals surface area (Å²) in [5.41, 5.74) is 3.36. The van der Waals surface area contributed by atoms with Gasteiger partial charge in [0.05, 0.1) is 5.75 Å². The van der Waals surface area contributed by atoms with Crippen LogP contribution in [0.1, 0.15) is 22.8 Å². The van der Waals surface area contributed by atoms with E-state index in [1.165, 1.54) is 18.7 Å². The van der Waals surface area contributed by atoms with E-state index in [0.29, 0.717) is 11.1 Å². The van der Waals surface area contributed by atoms with Crippen LogP contribution in [0, 0.1) is 0 Å². The molecule has 5 heteroatoms. The zero-order valence-electron chi connectivity index (χ0n) is 14.7. The van der Waals surface area contributed by atoms with Gasteiger partial charge in [0.2, 0.25) is 0 Å². The number of benzene rings is 3. The Kier molecular flexibility index (Phi) is 4.54. The smallest absolute Gasteiger partial charge is 0.316 e. The lowest BCUT2D eigenvalue weighted by atomic mass is 9.83. The summed E-state index contributed by atoms with van der Waals surface area (Å²) in [4.78, 5) is 36.6. The van der Waals surface area contributed by atoms with Gasteiger partial charge in [0.25, 0.3) is 0 Å². The average Bonchev–Trinajstić information content (AvgIpc) is 2.69. The normalized spacial score (nSPS) is 12.0. The van der Waals surface area contributed by atoms with Crippen LogP contribution in [0.2, 0.25) is 0 Å². The zero-order valence-corrected chi connectivity index (χ0v) is 15.5. The van der Waals surface area contributed by atoms with Gasteiger partial charge in [0.1, 0.15) is 6.61 Å². The predicted octanol–water partition coefficient (Wildman–Crippen LogP) is 4.28. The van der Waals surface area contributed by atoms with E-state index in [-0.39, 0.29) is 23.9 Å². The second-order valence-corrected chi connectivity index (χ2v) is 7.38. The van der Waals surface area contributed by atoms with E-state index in [0.717, 1.165) is 26.8 Å². The maximum atomic E-state index is 12.9. The number of rotatable bonds is 5. The molecule has 0 saturated heterocycles. The first-order valence-corrected chi connectivity index (χ1v) is 9.52. The maximum Gasteiger partial charge on any atom is 0.316 e. The molecule has 134 valence electrons. The van der Waals surface area contributed by atoms with Crippen molar-refractivity contribution in [2.45, 2.75) is 11.8 Å². The summed E-state index contributed by atoms with van der Waals surface area (Å²) in [5.74, 6) is -0.493. The fourth-order valence-electron chi connectivity index (χ4n) is 3.34. The summed E-state index contributed by atoms with van der Waals surface area (Å²) in [6, 6.07) is 17.3. The first kappa shape index (κ1) is 17.5. The van der Waals surface area contributed by atoms with Crippen molar-refractivity contribution in [3.05, 3.63) is 65.7 Å². The summed E-state index contributed by atoms with van der Waals surface area (Å²) >= 11 is 1.35. The van der Waals surface area contributed by atoms with Crippen molar-refractivity contribution in [3.63, 3.8) is 0 Å². The highest BCUT2D eigenvalue weighted by Crippen LogP contribution is 2.42. The van der Waals surface area contributed by atoms with Gasteiger partial charge in [-0.3, -0.25) is 14.4 Å². The van der Waals surface area contributed by atoms with Gasteiger partial charge in [-0.1, -0.05) is 48.5 Å². The van der Waals surface area contributed by atoms with Crippen LogP contribution in [-0.4, -0.2) is 29.9 Å². The Hall–Kier alpha value is -2.92. The second-order valence-electron chi connectivity index (χ2n) is 6.37. The van der Waals surface area contributed by atoms with Crippen LogP contribution in [0.25, 0.3) is 21.9 Å². The van der Waals surface area contributed by atoms with Crippen molar-refractivity contribution in [3.8, 4) is 11.1 Å². The van der Waals surface area contributed by atoms with Crippen LogP contribution in [0.3, 0.4) is 0 Å². The molecule has 0 aromatic heterocycles. The molecule has 0 amide bonds. The number of hydrogen-bond acceptors (Lipinski definition) is 5. The fraction of sp³-hybridized carbons (Fsp3) is 0.136. The topological polar surface area (TPSA) is 60.4 Å². The summed E-state index contributed by atoms with van der Waals surface area (Å²) in [5, 5.41) is 1.86. The molecular formula is C22H16O4S. The zero-order chi connectivity index (χ0) is 19.0. The van der Waals surface area contributed by atoms with E-state index >= 15 is 0 Å². The average molecular weight is 376 g/mol. The molecule has 3 aromatic rings. The number of Topliss-reactive ketones (excluding diaryl/α,β-unsaturated/α-hetero) is 1. The quantitative estimate of drug-likeness (QED) is 0.384. The lowest BCUT2D eigenvalue weighted by molar-refractivity contribution is -0.144. The summed E-state index contributed by atoms with van der Waals surface area (Å²) in [6.07, 6.45) is 0. The Labute approximate surface area is 160 Å². The third-order valence-corrected chi connectivity index (χ3v) is 5.54. The van der Waals surface area contributed by atoms with E-state index in [9.17, 15) is 14.4 Å². The van der Waals surface area contributed by atoms with Crippen LogP contribution in [0.15, 0.2) is 59.5 Å². The minimum atomic E-state index is -0.433. The molecular weight excluding hydrogens is 360 g/mol. The fourth-order valence-corrected chi connectivity index (χ4v) is 4.19. The highest BCUT2D eigenvalue weighted by atomic mass is 32.2. The summed E-state index contributed by atoms with van der Waals surface area (Å²) in [7, 11) is 0. The van der Waals surface area contributed by atoms with Gasteiger partial charge in [-0.05, 0) is 29.5 Å². The molecule has 27 heavy (non-hydrogen) atoms. The molecule has 0 N–H and O–H groups in total. The van der Waals surface area contributed by atoms with Gasteiger partial charge < -0.3 is 4.74 Å². The van der Waals surface area contributed by atoms with Crippen LogP contribution in [0.5, 0.6) is 0 Å². The Morgan fingerprint density at radius 1 is 0.889 bits per heavy atom. The van der Waals surface area contributed by atoms with Gasteiger partial charge in [-0.15, -0.1) is 11.8 Å². The first-order chi connectivity index (χ1) is 13.1. The molecule has 0 heterocycles. The molecule has 0 bridgehead atoms. The monoisotopic (exact) mass is 376 g/mol. The molecule has 0 aliphatic heterocycles. The van der Waals surface area contributed by atoms with E-state index in [2.05, 4.69) is 0 Å². The number of carbonyl (C=O) groups excluding carboxylic acids is 3. The van der Waals surface area contributed by atoms with Gasteiger partial charge in [-0.25, -0.2) is 0 Å². The molecule has 0 radical (unpaired) electrons. The van der Waals surface area contributed by atoms with Crippen molar-refractivity contribution in [1.29, 1.82) is 0 Å². The molecule has 0 fully saturated rings. The molecule has 4 rings (SSSR count). The number of fused-ring (bicyclic) bond motifs is 2. The molecule has 3 aromatic carbocycles. The minimum absolute atomic E-state index is 0.0201. The molecule has 0 saturated carbocycles. The van der Waals surface area contributed by atoms with Gasteiger partial charge >= 0.3 is 5.97 Å². The van der Waals surface area contributed by atoms with E-state index < -0.39 is 5.97 Å². The van der Waals surface area contributed by atoms with Gasteiger partial charge in [-0.2, -0.15) is 0 Å². The van der Waals surface area contributed by atoms with E-state index in [1.807, 2.05) is 54.6 Å². The van der Waals surface area contributed by atoms with Crippen LogP contribution < -0.4 is 0 Å². The standard InChI is InChI=1S/C22H16O4S/c1-13(23)11-26-20(24)12-27-19-10-9-15-14-5-2-3-6-16(14)22(25)18-8-4-7-17(19)21(15)18/h2-10H,11-12H2,1H3. The second kappa shape index (κ2) is 7.00. The van der Waals surface area contributed by atoms with Crippen LogP contribution in [-0.2, 0) is 14.3 Å². The van der Waals surface area contributed by atoms with E-state index in [1.54, 1.807) is 0 Å². The molecule has 0 atom stereocenters. The molecule has 0 spiro atoms. The molecule has 4 nitrogen and oxygen atoms in total. The number of ether oxygens (including phenoxy) is 1. The van der Waals surface area contributed by atoms with Crippen molar-refractivity contribution in [2.24, 2.45) is 0 Å². The number of ketones is 2. The van der Waals surface area contributed by atoms with Gasteiger partial charge in [0.15, 0.2) is 11.6 Å². The Balaban J connectivity index is 1.73. The van der Waals surface area contributed by atoms with Crippen molar-refractivity contribution < 1.29 is 19.1 Å². The lowest BCUT2D eigenvalue weighted by Gasteiger charge is -2.21. The Morgan fingerprint density at radius 3 is 2.41 bits per heavy atom. The number of carbonyl (C=O) groups is 3. The molecule has 0 unspecified atom stereocenters. The SMILES string of the molecule is CC(=O)COC(=O)CSc1ccc2c3c(cccc13)C(=O)c1ccccc1-2. The number of esters is 1. The molecule has 1 aliphatic carbocycles. The minimum Gasteiger partial charge on any atom is -0.457 e. The summed E-state index contributed by atoms with van der Waals surface area (Å²) in [6.45, 7) is 1.18. The first-order valence-electron chi connectivity index (χ1n) is 8.54. The predicted molar refractivity (Wildman–Crippen MR) is 105 cm³/mol. The summed E-state index contributed by atoms with van der Waals surface area (Å²) < 4.78 is 4.92. The maximum absolute atomic E-state index is 12.9. The van der Waals surface area contributed by atoms with E-state index in [4.69, 9.17) is 4.74 Å². The third-order valence-electron chi connectivity index (χ3n) is 4.49.